The molecule has 0 bridgehead atoms. The average molecular weight is 221 g/mol. The summed E-state index contributed by atoms with van der Waals surface area (Å²) in [7, 11) is 0. The van der Waals surface area contributed by atoms with E-state index in [9.17, 15) is 4.39 Å². The number of nitrogens with zero attached hydrogens (tertiary/aromatic N) is 2. The minimum atomic E-state index is -0.396. The lowest BCUT2D eigenvalue weighted by Gasteiger charge is -1.99. The number of alkyl halides is 1. The minimum absolute atomic E-state index is 0.310. The second-order valence-electron chi connectivity index (χ2n) is 3.89. The van der Waals surface area contributed by atoms with Crippen LogP contribution in [0.5, 0.6) is 0 Å². The third-order valence-corrected chi connectivity index (χ3v) is 2.63. The van der Waals surface area contributed by atoms with Crippen LogP contribution in [0, 0.1) is 0 Å². The van der Waals surface area contributed by atoms with E-state index in [2.05, 4.69) is 12.0 Å². The van der Waals surface area contributed by atoms with Crippen molar-refractivity contribution in [2.24, 2.45) is 0 Å². The summed E-state index contributed by atoms with van der Waals surface area (Å²) < 4.78 is 14.1. The van der Waals surface area contributed by atoms with Crippen LogP contribution in [0.15, 0.2) is 18.2 Å². The van der Waals surface area contributed by atoms with Gasteiger partial charge in [-0.05, 0) is 24.6 Å². The summed E-state index contributed by atoms with van der Waals surface area (Å²) in [4.78, 5) is 0. The van der Waals surface area contributed by atoms with Gasteiger partial charge in [0.1, 0.15) is 6.67 Å². The van der Waals surface area contributed by atoms with E-state index >= 15 is 0 Å². The number of halogens is 1. The lowest BCUT2D eigenvalue weighted by Crippen LogP contribution is -2.02. The Morgan fingerprint density at radius 2 is 2.25 bits per heavy atom. The van der Waals surface area contributed by atoms with Crippen LogP contribution in [-0.4, -0.2) is 16.5 Å². The van der Waals surface area contributed by atoms with Crippen molar-refractivity contribution in [2.45, 2.75) is 26.3 Å². The van der Waals surface area contributed by atoms with Crippen LogP contribution < -0.4 is 5.73 Å². The van der Waals surface area contributed by atoms with Gasteiger partial charge in [0.25, 0.3) is 0 Å². The number of nitrogens with two attached hydrogens (primary N) is 1. The van der Waals surface area contributed by atoms with Crippen molar-refractivity contribution in [2.75, 3.05) is 12.4 Å². The molecule has 0 atom stereocenters. The number of benzene rings is 1. The van der Waals surface area contributed by atoms with Crippen molar-refractivity contribution in [3.63, 3.8) is 0 Å². The molecule has 16 heavy (non-hydrogen) atoms. The molecule has 0 aliphatic carbocycles. The second kappa shape index (κ2) is 4.51. The molecule has 0 saturated heterocycles. The maximum Gasteiger partial charge on any atom is 0.109 e. The fraction of sp³-hybridized carbons (Fsp3) is 0.417. The third kappa shape index (κ3) is 1.87. The standard InChI is InChI=1S/C12H16FN3/c1-2-3-11-10-8-9(14)4-5-12(10)16(15-11)7-6-13/h4-5,8H,2-3,6-7,14H2,1H3. The summed E-state index contributed by atoms with van der Waals surface area (Å²) >= 11 is 0. The molecule has 0 fully saturated rings. The Hall–Kier alpha value is -1.58. The number of aryl methyl sites for hydroxylation is 2. The summed E-state index contributed by atoms with van der Waals surface area (Å²) in [5, 5.41) is 5.48. The summed E-state index contributed by atoms with van der Waals surface area (Å²) in [6.07, 6.45) is 1.93. The smallest absolute Gasteiger partial charge is 0.109 e. The highest BCUT2D eigenvalue weighted by Gasteiger charge is 2.09. The molecule has 3 nitrogen and oxygen atoms in total. The van der Waals surface area contributed by atoms with Crippen LogP contribution in [-0.2, 0) is 13.0 Å². The first-order valence-corrected chi connectivity index (χ1v) is 5.57. The first-order valence-electron chi connectivity index (χ1n) is 5.57. The van der Waals surface area contributed by atoms with E-state index in [1.54, 1.807) is 4.68 Å². The fourth-order valence-corrected chi connectivity index (χ4v) is 1.94. The lowest BCUT2D eigenvalue weighted by atomic mass is 10.1. The van der Waals surface area contributed by atoms with Gasteiger partial charge in [-0.25, -0.2) is 4.39 Å². The second-order valence-corrected chi connectivity index (χ2v) is 3.89. The normalized spacial score (nSPS) is 11.1. The molecule has 1 aromatic carbocycles. The molecule has 2 rings (SSSR count). The molecule has 1 heterocycles. The van der Waals surface area contributed by atoms with Crippen LogP contribution in [0.25, 0.3) is 10.9 Å². The lowest BCUT2D eigenvalue weighted by molar-refractivity contribution is 0.431. The third-order valence-electron chi connectivity index (χ3n) is 2.63. The molecule has 4 heteroatoms. The summed E-state index contributed by atoms with van der Waals surface area (Å²) in [6.45, 7) is 2.02. The van der Waals surface area contributed by atoms with Crippen molar-refractivity contribution in [3.8, 4) is 0 Å². The quantitative estimate of drug-likeness (QED) is 0.806. The number of hydrogen-bond acceptors (Lipinski definition) is 2. The molecular weight excluding hydrogens is 205 g/mol. The zero-order valence-electron chi connectivity index (χ0n) is 9.41. The van der Waals surface area contributed by atoms with E-state index < -0.39 is 6.67 Å². The van der Waals surface area contributed by atoms with Crippen LogP contribution >= 0.6 is 0 Å². The number of anilines is 1. The van der Waals surface area contributed by atoms with Crippen LogP contribution in [0.4, 0.5) is 10.1 Å². The fourth-order valence-electron chi connectivity index (χ4n) is 1.94. The van der Waals surface area contributed by atoms with E-state index in [1.165, 1.54) is 0 Å². The van der Waals surface area contributed by atoms with E-state index in [0.29, 0.717) is 6.54 Å². The number of fused-ring (bicyclic) bond motifs is 1. The van der Waals surface area contributed by atoms with Crippen molar-refractivity contribution < 1.29 is 4.39 Å². The maximum absolute atomic E-state index is 12.4. The van der Waals surface area contributed by atoms with Crippen LogP contribution in [0.1, 0.15) is 19.0 Å². The van der Waals surface area contributed by atoms with Gasteiger partial charge in [-0.1, -0.05) is 13.3 Å². The van der Waals surface area contributed by atoms with Crippen molar-refractivity contribution in [1.29, 1.82) is 0 Å². The van der Waals surface area contributed by atoms with E-state index in [-0.39, 0.29) is 0 Å². The molecule has 1 aromatic heterocycles. The van der Waals surface area contributed by atoms with Gasteiger partial charge < -0.3 is 5.73 Å². The Kier molecular flexibility index (Phi) is 3.08. The monoisotopic (exact) mass is 221 g/mol. The highest BCUT2D eigenvalue weighted by molar-refractivity contribution is 5.85. The minimum Gasteiger partial charge on any atom is -0.399 e. The van der Waals surface area contributed by atoms with Crippen LogP contribution in [0.3, 0.4) is 0 Å². The molecule has 86 valence electrons. The van der Waals surface area contributed by atoms with Gasteiger partial charge in [0, 0.05) is 11.1 Å². The predicted molar refractivity (Wildman–Crippen MR) is 64.1 cm³/mol. The van der Waals surface area contributed by atoms with E-state index in [1.807, 2.05) is 18.2 Å². The first-order chi connectivity index (χ1) is 7.76. The van der Waals surface area contributed by atoms with Crippen molar-refractivity contribution in [3.05, 3.63) is 23.9 Å². The molecule has 0 amide bonds. The molecule has 0 spiro atoms. The highest BCUT2D eigenvalue weighted by atomic mass is 19.1. The molecule has 2 N–H and O–H groups in total. The molecule has 0 aliphatic heterocycles. The van der Waals surface area contributed by atoms with Crippen molar-refractivity contribution in [1.82, 2.24) is 9.78 Å². The number of aromatic nitrogens is 2. The summed E-state index contributed by atoms with van der Waals surface area (Å²) in [6, 6.07) is 5.66. The van der Waals surface area contributed by atoms with E-state index in [0.717, 1.165) is 35.1 Å². The van der Waals surface area contributed by atoms with Gasteiger partial charge in [0.2, 0.25) is 0 Å². The molecule has 0 radical (unpaired) electrons. The summed E-state index contributed by atoms with van der Waals surface area (Å²) in [5.41, 5.74) is 8.47. The number of rotatable bonds is 4. The molecule has 0 saturated carbocycles. The average Bonchev–Trinajstić information content (AvgIpc) is 2.58. The Bertz CT molecular complexity index is 490. The molecule has 2 aromatic rings. The number of nitrogen functional groups attached to an aromatic ring is 1. The maximum atomic E-state index is 12.4. The molecular formula is C12H16FN3. The summed E-state index contributed by atoms with van der Waals surface area (Å²) in [5.74, 6) is 0. The van der Waals surface area contributed by atoms with E-state index in [4.69, 9.17) is 5.73 Å². The van der Waals surface area contributed by atoms with Crippen LogP contribution in [0.2, 0.25) is 0 Å². The Morgan fingerprint density at radius 1 is 1.44 bits per heavy atom. The SMILES string of the molecule is CCCc1nn(CCF)c2ccc(N)cc12. The van der Waals surface area contributed by atoms with Gasteiger partial charge in [0.15, 0.2) is 0 Å². The Morgan fingerprint density at radius 3 is 2.94 bits per heavy atom. The first kappa shape index (κ1) is 10.9. The molecule has 0 aliphatic rings. The van der Waals surface area contributed by atoms with Crippen molar-refractivity contribution >= 4 is 16.6 Å². The number of hydrogen-bond donors (Lipinski definition) is 1. The zero-order valence-corrected chi connectivity index (χ0v) is 9.41. The topological polar surface area (TPSA) is 43.8 Å². The predicted octanol–water partition coefficient (Wildman–Crippen LogP) is 2.54. The Balaban J connectivity index is 2.56. The largest absolute Gasteiger partial charge is 0.399 e. The zero-order chi connectivity index (χ0) is 11.5. The Labute approximate surface area is 94.1 Å². The van der Waals surface area contributed by atoms with Gasteiger partial charge >= 0.3 is 0 Å². The van der Waals surface area contributed by atoms with Gasteiger partial charge in [-0.3, -0.25) is 4.68 Å². The van der Waals surface area contributed by atoms with Gasteiger partial charge in [-0.15, -0.1) is 0 Å². The molecule has 0 unspecified atom stereocenters. The van der Waals surface area contributed by atoms with Gasteiger partial charge in [0.05, 0.1) is 17.8 Å². The van der Waals surface area contributed by atoms with Gasteiger partial charge in [-0.2, -0.15) is 5.10 Å². The highest BCUT2D eigenvalue weighted by Crippen LogP contribution is 2.22.